The van der Waals surface area contributed by atoms with Gasteiger partial charge in [-0.1, -0.05) is 30.3 Å². The molecule has 0 amide bonds. The molecule has 0 aliphatic carbocycles. The minimum Gasteiger partial charge on any atom is -0.476 e. The number of hydrogen-bond donors (Lipinski definition) is 0. The van der Waals surface area contributed by atoms with E-state index in [-0.39, 0.29) is 0 Å². The first-order valence-electron chi connectivity index (χ1n) is 9.41. The fourth-order valence-electron chi connectivity index (χ4n) is 3.30. The number of aryl methyl sites for hydroxylation is 1. The number of thiazole rings is 1. The van der Waals surface area contributed by atoms with Crippen LogP contribution in [0.15, 0.2) is 47.8 Å². The van der Waals surface area contributed by atoms with Gasteiger partial charge in [0.15, 0.2) is 0 Å². The first-order chi connectivity index (χ1) is 13.3. The summed E-state index contributed by atoms with van der Waals surface area (Å²) in [4.78, 5) is 7.31. The third-order valence-corrected chi connectivity index (χ3v) is 5.85. The molecule has 1 aliphatic heterocycles. The molecule has 0 atom stereocenters. The SMILES string of the molecule is Cc1ccc(OCC2CCN(Cc3csc(-c4ccccc4)n3)CC2)nn1. The van der Waals surface area contributed by atoms with Crippen molar-refractivity contribution >= 4 is 11.3 Å². The van der Waals surface area contributed by atoms with Crippen LogP contribution in [-0.2, 0) is 6.54 Å². The minimum atomic E-state index is 0.583. The van der Waals surface area contributed by atoms with Crippen LogP contribution in [0.5, 0.6) is 5.88 Å². The summed E-state index contributed by atoms with van der Waals surface area (Å²) in [6.45, 7) is 5.76. The molecule has 0 N–H and O–H groups in total. The number of benzene rings is 1. The standard InChI is InChI=1S/C21H24N4OS/c1-16-7-8-20(24-23-16)26-14-17-9-11-25(12-10-17)13-19-15-27-21(22-19)18-5-3-2-4-6-18/h2-8,15,17H,9-14H2,1H3. The second-order valence-corrected chi connectivity index (χ2v) is 7.91. The van der Waals surface area contributed by atoms with E-state index in [1.807, 2.05) is 25.1 Å². The number of ether oxygens (including phenoxy) is 1. The summed E-state index contributed by atoms with van der Waals surface area (Å²) < 4.78 is 5.80. The highest BCUT2D eigenvalue weighted by Gasteiger charge is 2.21. The van der Waals surface area contributed by atoms with Crippen molar-refractivity contribution in [2.24, 2.45) is 5.92 Å². The highest BCUT2D eigenvalue weighted by Crippen LogP contribution is 2.25. The van der Waals surface area contributed by atoms with Crippen LogP contribution < -0.4 is 4.74 Å². The molecule has 0 unspecified atom stereocenters. The highest BCUT2D eigenvalue weighted by molar-refractivity contribution is 7.13. The van der Waals surface area contributed by atoms with Gasteiger partial charge in [-0.25, -0.2) is 4.98 Å². The van der Waals surface area contributed by atoms with Crippen LogP contribution in [0.1, 0.15) is 24.2 Å². The lowest BCUT2D eigenvalue weighted by Crippen LogP contribution is -2.35. The molecule has 2 aromatic heterocycles. The maximum Gasteiger partial charge on any atom is 0.233 e. The molecule has 27 heavy (non-hydrogen) atoms. The summed E-state index contributed by atoms with van der Waals surface area (Å²) in [6, 6.07) is 14.2. The molecule has 0 saturated carbocycles. The van der Waals surface area contributed by atoms with Crippen LogP contribution in [0.2, 0.25) is 0 Å². The lowest BCUT2D eigenvalue weighted by Gasteiger charge is -2.31. The van der Waals surface area contributed by atoms with Crippen molar-refractivity contribution < 1.29 is 4.74 Å². The van der Waals surface area contributed by atoms with E-state index in [9.17, 15) is 0 Å². The number of aromatic nitrogens is 3. The number of hydrogen-bond acceptors (Lipinski definition) is 6. The van der Waals surface area contributed by atoms with Gasteiger partial charge in [-0.15, -0.1) is 16.4 Å². The summed E-state index contributed by atoms with van der Waals surface area (Å²) in [7, 11) is 0. The predicted octanol–water partition coefficient (Wildman–Crippen LogP) is 4.20. The Morgan fingerprint density at radius 2 is 1.89 bits per heavy atom. The Kier molecular flexibility index (Phi) is 5.75. The van der Waals surface area contributed by atoms with E-state index in [2.05, 4.69) is 44.7 Å². The normalized spacial score (nSPS) is 15.7. The third-order valence-electron chi connectivity index (χ3n) is 4.91. The van der Waals surface area contributed by atoms with Crippen molar-refractivity contribution in [2.45, 2.75) is 26.3 Å². The number of nitrogens with zero attached hydrogens (tertiary/aromatic N) is 4. The maximum absolute atomic E-state index is 5.80. The van der Waals surface area contributed by atoms with Gasteiger partial charge in [-0.3, -0.25) is 4.90 Å². The van der Waals surface area contributed by atoms with Crippen LogP contribution in [0.4, 0.5) is 0 Å². The molecule has 3 heterocycles. The molecule has 0 radical (unpaired) electrons. The Morgan fingerprint density at radius 3 is 2.63 bits per heavy atom. The monoisotopic (exact) mass is 380 g/mol. The van der Waals surface area contributed by atoms with Crippen molar-refractivity contribution in [3.63, 3.8) is 0 Å². The van der Waals surface area contributed by atoms with Crippen LogP contribution in [0, 0.1) is 12.8 Å². The van der Waals surface area contributed by atoms with Crippen LogP contribution in [0.25, 0.3) is 10.6 Å². The van der Waals surface area contributed by atoms with Gasteiger partial charge in [-0.05, 0) is 44.8 Å². The summed E-state index contributed by atoms with van der Waals surface area (Å²) in [6.07, 6.45) is 2.30. The van der Waals surface area contributed by atoms with E-state index in [0.29, 0.717) is 11.8 Å². The van der Waals surface area contributed by atoms with Crippen LogP contribution in [-0.4, -0.2) is 39.8 Å². The Balaban J connectivity index is 1.24. The molecule has 6 heteroatoms. The zero-order chi connectivity index (χ0) is 18.5. The van der Waals surface area contributed by atoms with Crippen molar-refractivity contribution in [2.75, 3.05) is 19.7 Å². The lowest BCUT2D eigenvalue weighted by atomic mass is 9.98. The number of piperidine rings is 1. The first-order valence-corrected chi connectivity index (χ1v) is 10.3. The topological polar surface area (TPSA) is 51.1 Å². The van der Waals surface area contributed by atoms with E-state index >= 15 is 0 Å². The summed E-state index contributed by atoms with van der Waals surface area (Å²) in [5.41, 5.74) is 3.28. The van der Waals surface area contributed by atoms with E-state index in [4.69, 9.17) is 9.72 Å². The predicted molar refractivity (Wildman–Crippen MR) is 108 cm³/mol. The van der Waals surface area contributed by atoms with Gasteiger partial charge >= 0.3 is 0 Å². The zero-order valence-electron chi connectivity index (χ0n) is 15.5. The van der Waals surface area contributed by atoms with Gasteiger partial charge in [0.2, 0.25) is 5.88 Å². The van der Waals surface area contributed by atoms with Crippen molar-refractivity contribution in [1.82, 2.24) is 20.1 Å². The average molecular weight is 381 g/mol. The van der Waals surface area contributed by atoms with E-state index in [1.54, 1.807) is 11.3 Å². The average Bonchev–Trinajstić information content (AvgIpc) is 3.18. The zero-order valence-corrected chi connectivity index (χ0v) is 16.4. The molecule has 1 fully saturated rings. The Labute approximate surface area is 164 Å². The van der Waals surface area contributed by atoms with E-state index in [0.717, 1.165) is 49.8 Å². The summed E-state index contributed by atoms with van der Waals surface area (Å²) in [5.74, 6) is 1.21. The molecule has 5 nitrogen and oxygen atoms in total. The number of likely N-dealkylation sites (tertiary alicyclic amines) is 1. The fraction of sp³-hybridized carbons (Fsp3) is 0.381. The van der Waals surface area contributed by atoms with Gasteiger partial charge in [-0.2, -0.15) is 5.10 Å². The molecular formula is C21H24N4OS. The van der Waals surface area contributed by atoms with Gasteiger partial charge in [0.1, 0.15) is 5.01 Å². The smallest absolute Gasteiger partial charge is 0.233 e. The molecule has 1 saturated heterocycles. The molecule has 1 aliphatic rings. The minimum absolute atomic E-state index is 0.583. The Bertz CT molecular complexity index is 842. The maximum atomic E-state index is 5.80. The lowest BCUT2D eigenvalue weighted by molar-refractivity contribution is 0.133. The Morgan fingerprint density at radius 1 is 1.07 bits per heavy atom. The largest absolute Gasteiger partial charge is 0.476 e. The van der Waals surface area contributed by atoms with Crippen molar-refractivity contribution in [3.05, 3.63) is 59.2 Å². The quantitative estimate of drug-likeness (QED) is 0.641. The molecule has 0 spiro atoms. The van der Waals surface area contributed by atoms with Gasteiger partial charge in [0.05, 0.1) is 18.0 Å². The van der Waals surface area contributed by atoms with E-state index in [1.165, 1.54) is 11.3 Å². The van der Waals surface area contributed by atoms with Gasteiger partial charge in [0, 0.05) is 23.6 Å². The van der Waals surface area contributed by atoms with Crippen LogP contribution >= 0.6 is 11.3 Å². The molecular weight excluding hydrogens is 356 g/mol. The van der Waals surface area contributed by atoms with E-state index < -0.39 is 0 Å². The van der Waals surface area contributed by atoms with Gasteiger partial charge in [0.25, 0.3) is 0 Å². The second kappa shape index (κ2) is 8.59. The Hall–Kier alpha value is -2.31. The highest BCUT2D eigenvalue weighted by atomic mass is 32.1. The third kappa shape index (κ3) is 4.90. The first kappa shape index (κ1) is 18.1. The molecule has 0 bridgehead atoms. The molecule has 140 valence electrons. The van der Waals surface area contributed by atoms with Crippen molar-refractivity contribution in [1.29, 1.82) is 0 Å². The molecule has 3 aromatic rings. The molecule has 4 rings (SSSR count). The summed E-state index contributed by atoms with van der Waals surface area (Å²) >= 11 is 1.73. The van der Waals surface area contributed by atoms with Gasteiger partial charge < -0.3 is 4.74 Å². The van der Waals surface area contributed by atoms with Crippen molar-refractivity contribution in [3.8, 4) is 16.5 Å². The number of rotatable bonds is 6. The van der Waals surface area contributed by atoms with Crippen LogP contribution in [0.3, 0.4) is 0 Å². The molecule has 1 aromatic carbocycles. The fourth-order valence-corrected chi connectivity index (χ4v) is 4.12. The second-order valence-electron chi connectivity index (χ2n) is 7.05. The summed E-state index contributed by atoms with van der Waals surface area (Å²) in [5, 5.41) is 11.4.